The second-order valence-electron chi connectivity index (χ2n) is 10.6. The minimum atomic E-state index is -0.786. The van der Waals surface area contributed by atoms with E-state index in [1.165, 1.54) is 0 Å². The number of hydrogen-bond acceptors (Lipinski definition) is 5. The van der Waals surface area contributed by atoms with Crippen LogP contribution >= 0.6 is 0 Å². The topological polar surface area (TPSA) is 63.7 Å². The van der Waals surface area contributed by atoms with Gasteiger partial charge in [0, 0.05) is 36.2 Å². The lowest BCUT2D eigenvalue weighted by molar-refractivity contribution is 0.0928. The third-order valence-corrected chi connectivity index (χ3v) is 8.27. The first kappa shape index (κ1) is 23.2. The largest absolute Gasteiger partial charge is 0.497 e. The van der Waals surface area contributed by atoms with E-state index >= 15 is 0 Å². The summed E-state index contributed by atoms with van der Waals surface area (Å²) in [5.74, 6) is 1.25. The summed E-state index contributed by atoms with van der Waals surface area (Å²) in [4.78, 5) is 20.3. The van der Waals surface area contributed by atoms with Crippen molar-refractivity contribution in [3.8, 4) is 11.5 Å². The van der Waals surface area contributed by atoms with Crippen LogP contribution in [0, 0.1) is 6.92 Å². The van der Waals surface area contributed by atoms with Gasteiger partial charge in [-0.2, -0.15) is 0 Å². The van der Waals surface area contributed by atoms with Crippen LogP contribution in [0.2, 0.25) is 0 Å². The molecule has 3 aliphatic rings. The second-order valence-corrected chi connectivity index (χ2v) is 10.6. The summed E-state index contributed by atoms with van der Waals surface area (Å²) in [5.41, 5.74) is 2.71. The van der Waals surface area contributed by atoms with Crippen molar-refractivity contribution < 1.29 is 18.7 Å². The second kappa shape index (κ2) is 8.73. The molecule has 6 nitrogen and oxygen atoms in total. The van der Waals surface area contributed by atoms with Gasteiger partial charge in [0.1, 0.15) is 24.3 Å². The van der Waals surface area contributed by atoms with Crippen LogP contribution in [-0.2, 0) is 5.54 Å². The van der Waals surface area contributed by atoms with Gasteiger partial charge in [0.25, 0.3) is 5.91 Å². The molecule has 1 aromatic heterocycles. The third-order valence-electron chi connectivity index (χ3n) is 8.27. The fraction of sp³-hybridized carbons (Fsp3) is 0.448. The molecule has 2 aromatic carbocycles. The van der Waals surface area contributed by atoms with E-state index in [9.17, 15) is 9.18 Å². The van der Waals surface area contributed by atoms with E-state index in [1.807, 2.05) is 49.4 Å². The molecule has 3 fully saturated rings. The molecule has 1 N–H and O–H groups in total. The summed E-state index contributed by atoms with van der Waals surface area (Å²) in [5, 5.41) is 4.34. The van der Waals surface area contributed by atoms with Gasteiger partial charge in [0.2, 0.25) is 0 Å². The van der Waals surface area contributed by atoms with Gasteiger partial charge in [-0.15, -0.1) is 0 Å². The number of pyridine rings is 1. The summed E-state index contributed by atoms with van der Waals surface area (Å²) < 4.78 is 25.8. The molecule has 188 valence electrons. The quantitative estimate of drug-likeness (QED) is 0.510. The molecular formula is C29H32FN3O3. The Morgan fingerprint density at radius 3 is 2.86 bits per heavy atom. The SMILES string of the molecule is COc1cc(C2(NC(=O)c3cc(OCC45CCCN4C[C@H](F)C5)ccc3C)CC2)c2cccnc2c1. The van der Waals surface area contributed by atoms with Crippen molar-refractivity contribution in [2.75, 3.05) is 26.8 Å². The number of methoxy groups -OCH3 is 1. The molecule has 7 heteroatoms. The summed E-state index contributed by atoms with van der Waals surface area (Å²) in [6.07, 6.45) is 5.25. The number of carbonyl (C=O) groups excluding carboxylic acids is 1. The van der Waals surface area contributed by atoms with Gasteiger partial charge in [-0.3, -0.25) is 14.7 Å². The highest BCUT2D eigenvalue weighted by Crippen LogP contribution is 2.49. The highest BCUT2D eigenvalue weighted by molar-refractivity contribution is 5.97. The molecule has 1 unspecified atom stereocenters. The minimum Gasteiger partial charge on any atom is -0.497 e. The van der Waals surface area contributed by atoms with E-state index in [0.717, 1.165) is 60.0 Å². The van der Waals surface area contributed by atoms with Crippen LogP contribution in [0.25, 0.3) is 10.9 Å². The lowest BCUT2D eigenvalue weighted by Gasteiger charge is -2.31. The van der Waals surface area contributed by atoms with E-state index in [0.29, 0.717) is 30.9 Å². The van der Waals surface area contributed by atoms with Gasteiger partial charge < -0.3 is 14.8 Å². The van der Waals surface area contributed by atoms with Crippen LogP contribution in [0.4, 0.5) is 4.39 Å². The van der Waals surface area contributed by atoms with Crippen molar-refractivity contribution in [2.45, 2.75) is 56.3 Å². The number of rotatable bonds is 7. The smallest absolute Gasteiger partial charge is 0.252 e. The number of ether oxygens (including phenoxy) is 2. The predicted molar refractivity (Wildman–Crippen MR) is 136 cm³/mol. The molecular weight excluding hydrogens is 457 g/mol. The average Bonchev–Trinajstić information content (AvgIpc) is 3.45. The Bertz CT molecular complexity index is 1320. The number of fused-ring (bicyclic) bond motifs is 2. The molecule has 0 bridgehead atoms. The molecule has 2 aliphatic heterocycles. The van der Waals surface area contributed by atoms with Gasteiger partial charge in [0.05, 0.1) is 23.7 Å². The molecule has 6 rings (SSSR count). The minimum absolute atomic E-state index is 0.124. The number of alkyl halides is 1. The zero-order valence-corrected chi connectivity index (χ0v) is 20.9. The molecule has 2 atom stereocenters. The maximum atomic E-state index is 14.1. The summed E-state index contributed by atoms with van der Waals surface area (Å²) in [6, 6.07) is 13.5. The van der Waals surface area contributed by atoms with Crippen LogP contribution in [0.5, 0.6) is 11.5 Å². The lowest BCUT2D eigenvalue weighted by Crippen LogP contribution is -2.43. The van der Waals surface area contributed by atoms with Crippen LogP contribution in [-0.4, -0.2) is 54.3 Å². The van der Waals surface area contributed by atoms with Gasteiger partial charge in [-0.1, -0.05) is 12.1 Å². The summed E-state index contributed by atoms with van der Waals surface area (Å²) in [7, 11) is 1.64. The van der Waals surface area contributed by atoms with Crippen molar-refractivity contribution in [3.63, 3.8) is 0 Å². The van der Waals surface area contributed by atoms with Crippen LogP contribution < -0.4 is 14.8 Å². The number of amides is 1. The molecule has 1 saturated carbocycles. The molecule has 36 heavy (non-hydrogen) atoms. The maximum absolute atomic E-state index is 14.1. The Balaban J connectivity index is 1.23. The number of hydrogen-bond donors (Lipinski definition) is 1. The zero-order valence-electron chi connectivity index (χ0n) is 20.9. The molecule has 1 aliphatic carbocycles. The number of benzene rings is 2. The first-order valence-electron chi connectivity index (χ1n) is 12.8. The van der Waals surface area contributed by atoms with E-state index in [4.69, 9.17) is 9.47 Å². The summed E-state index contributed by atoms with van der Waals surface area (Å²) >= 11 is 0. The Labute approximate surface area is 210 Å². The fourth-order valence-corrected chi connectivity index (χ4v) is 6.14. The number of nitrogens with one attached hydrogen (secondary N) is 1. The highest BCUT2D eigenvalue weighted by atomic mass is 19.1. The summed E-state index contributed by atoms with van der Waals surface area (Å²) in [6.45, 7) is 3.82. The highest BCUT2D eigenvalue weighted by Gasteiger charge is 2.49. The molecule has 2 saturated heterocycles. The predicted octanol–water partition coefficient (Wildman–Crippen LogP) is 4.93. The normalized spacial score (nSPS) is 24.5. The molecule has 3 heterocycles. The fourth-order valence-electron chi connectivity index (χ4n) is 6.14. The first-order chi connectivity index (χ1) is 17.4. The van der Waals surface area contributed by atoms with E-state index < -0.39 is 11.7 Å². The van der Waals surface area contributed by atoms with Crippen molar-refractivity contribution >= 4 is 16.8 Å². The number of halogens is 1. The van der Waals surface area contributed by atoms with Crippen LogP contribution in [0.1, 0.15) is 53.6 Å². The van der Waals surface area contributed by atoms with Crippen LogP contribution in [0.15, 0.2) is 48.7 Å². The molecule has 3 aromatic rings. The third kappa shape index (κ3) is 3.99. The van der Waals surface area contributed by atoms with Gasteiger partial charge in [0.15, 0.2) is 0 Å². The maximum Gasteiger partial charge on any atom is 0.252 e. The van der Waals surface area contributed by atoms with E-state index in [2.05, 4.69) is 15.2 Å². The van der Waals surface area contributed by atoms with E-state index in [-0.39, 0.29) is 11.4 Å². The monoisotopic (exact) mass is 489 g/mol. The van der Waals surface area contributed by atoms with Crippen LogP contribution in [0.3, 0.4) is 0 Å². The number of aromatic nitrogens is 1. The van der Waals surface area contributed by atoms with Gasteiger partial charge in [-0.25, -0.2) is 4.39 Å². The lowest BCUT2D eigenvalue weighted by atomic mass is 9.95. The molecule has 0 spiro atoms. The Hall–Kier alpha value is -3.19. The number of aryl methyl sites for hydroxylation is 1. The van der Waals surface area contributed by atoms with Gasteiger partial charge in [-0.05, 0) is 74.5 Å². The Kier molecular flexibility index (Phi) is 5.63. The van der Waals surface area contributed by atoms with Crippen molar-refractivity contribution in [2.24, 2.45) is 0 Å². The van der Waals surface area contributed by atoms with Crippen molar-refractivity contribution in [3.05, 3.63) is 65.4 Å². The van der Waals surface area contributed by atoms with E-state index in [1.54, 1.807) is 13.3 Å². The average molecular weight is 490 g/mol. The van der Waals surface area contributed by atoms with Gasteiger partial charge >= 0.3 is 0 Å². The molecule has 1 amide bonds. The van der Waals surface area contributed by atoms with Crippen molar-refractivity contribution in [1.29, 1.82) is 0 Å². The number of carbonyl (C=O) groups is 1. The zero-order chi connectivity index (χ0) is 24.9. The standard InChI is InChI=1S/C29H32FN3O3/c1-19-6-7-21(36-18-28-8-4-12-33(28)17-20(30)16-28)13-24(19)27(34)32-29(9-10-29)25-14-22(35-2)15-26-23(25)5-3-11-31-26/h3,5-7,11,13-15,20H,4,8-10,12,16-18H2,1-2H3,(H,32,34)/t20-,28?/m1/s1. The first-order valence-corrected chi connectivity index (χ1v) is 12.8. The Morgan fingerprint density at radius 1 is 1.19 bits per heavy atom. The number of nitrogens with zero attached hydrogens (tertiary/aromatic N) is 2. The molecule has 0 radical (unpaired) electrons. The Morgan fingerprint density at radius 2 is 2.06 bits per heavy atom. The van der Waals surface area contributed by atoms with Crippen molar-refractivity contribution in [1.82, 2.24) is 15.2 Å².